The maximum atomic E-state index is 13.5. The number of piperidine rings is 3. The number of rotatable bonds is 8. The van der Waals surface area contributed by atoms with E-state index < -0.39 is 6.04 Å². The van der Waals surface area contributed by atoms with E-state index in [1.54, 1.807) is 0 Å². The molecule has 1 aromatic heterocycles. The number of hydrogen-bond donors (Lipinski definition) is 1. The third kappa shape index (κ3) is 5.85. The van der Waals surface area contributed by atoms with Crippen LogP contribution in [0.2, 0.25) is 0 Å². The summed E-state index contributed by atoms with van der Waals surface area (Å²) in [7, 11) is 0. The lowest BCUT2D eigenvalue weighted by Gasteiger charge is -2.51. The number of carbonyl (C=O) groups excluding carboxylic acids is 2. The number of benzene rings is 2. The monoisotopic (exact) mass is 554 g/mol. The summed E-state index contributed by atoms with van der Waals surface area (Å²) in [4.78, 5) is 27.3. The van der Waals surface area contributed by atoms with Gasteiger partial charge in [-0.25, -0.2) is 4.79 Å². The Morgan fingerprint density at radius 3 is 2.34 bits per heavy atom. The average Bonchev–Trinajstić information content (AvgIpc) is 3.31. The van der Waals surface area contributed by atoms with E-state index in [0.29, 0.717) is 12.5 Å². The highest BCUT2D eigenvalue weighted by Gasteiger charge is 2.49. The molecule has 2 unspecified atom stereocenters. The van der Waals surface area contributed by atoms with Crippen molar-refractivity contribution in [3.8, 4) is 0 Å². The first-order valence-electron chi connectivity index (χ1n) is 12.0. The molecule has 3 aliphatic rings. The van der Waals surface area contributed by atoms with Crippen LogP contribution in [0.3, 0.4) is 0 Å². The Hall–Kier alpha value is -2.48. The van der Waals surface area contributed by atoms with Crippen LogP contribution in [0.4, 0.5) is 5.69 Å². The summed E-state index contributed by atoms with van der Waals surface area (Å²) in [5.74, 6) is 0.319. The molecule has 2 bridgehead atoms. The van der Waals surface area contributed by atoms with E-state index in [0.717, 1.165) is 58.7 Å². The maximum Gasteiger partial charge on any atom is 0.333 e. The van der Waals surface area contributed by atoms with Crippen molar-refractivity contribution >= 4 is 28.8 Å². The number of anilines is 1. The number of ketones is 1. The molecule has 7 heteroatoms. The van der Waals surface area contributed by atoms with Crippen LogP contribution in [-0.4, -0.2) is 48.5 Å². The first-order valence-corrected chi connectivity index (χ1v) is 12.9. The minimum Gasteiger partial charge on any atom is -1.00 e. The van der Waals surface area contributed by atoms with E-state index in [1.807, 2.05) is 79.0 Å². The van der Waals surface area contributed by atoms with Crippen LogP contribution in [0.1, 0.15) is 39.7 Å². The molecule has 0 spiro atoms. The van der Waals surface area contributed by atoms with Crippen molar-refractivity contribution < 1.29 is 35.8 Å². The van der Waals surface area contributed by atoms with E-state index in [4.69, 9.17) is 4.74 Å². The Morgan fingerprint density at radius 1 is 1.06 bits per heavy atom. The molecule has 2 aromatic carbocycles. The lowest BCUT2D eigenvalue weighted by Crippen LogP contribution is -3.00. The van der Waals surface area contributed by atoms with Crippen molar-refractivity contribution in [2.75, 3.05) is 31.5 Å². The number of ether oxygens (including phenoxy) is 1. The number of thiophene rings is 1. The summed E-state index contributed by atoms with van der Waals surface area (Å²) in [6.45, 7) is 5.21. The number of esters is 1. The van der Waals surface area contributed by atoms with Crippen LogP contribution in [-0.2, 0) is 9.53 Å². The Morgan fingerprint density at radius 2 is 1.71 bits per heavy atom. The first kappa shape index (κ1) is 25.6. The standard InChI is InChI=1S/C28H31N2O3S.BrH/c1-20-16-26(34-19-20)24(31)17-30-14-12-21(13-15-30)25(18-30)33-28(32)27(22-8-4-2-5-9-22)29-23-10-6-3-7-11-23;/h2-11,16,19,21,25,27,29H,12-15,17-18H2,1H3;1H/q+1;/p-1. The molecule has 3 saturated heterocycles. The van der Waals surface area contributed by atoms with Crippen LogP contribution in [0.5, 0.6) is 0 Å². The van der Waals surface area contributed by atoms with E-state index in [-0.39, 0.29) is 34.8 Å². The fraction of sp³-hybridized carbons (Fsp3) is 0.357. The predicted octanol–water partition coefficient (Wildman–Crippen LogP) is 2.25. The van der Waals surface area contributed by atoms with E-state index in [9.17, 15) is 9.59 Å². The summed E-state index contributed by atoms with van der Waals surface area (Å²) in [6.07, 6.45) is 1.84. The second-order valence-electron chi connectivity index (χ2n) is 9.71. The van der Waals surface area contributed by atoms with E-state index >= 15 is 0 Å². The SMILES string of the molecule is Cc1csc(C(=O)C[N+]23CCC(CC2)C(OC(=O)C(Nc2ccccc2)c2ccccc2)C3)c1.[Br-]. The smallest absolute Gasteiger partial charge is 0.333 e. The number of nitrogens with zero attached hydrogens (tertiary/aromatic N) is 1. The highest BCUT2D eigenvalue weighted by atomic mass is 79.9. The Labute approximate surface area is 221 Å². The van der Waals surface area contributed by atoms with Gasteiger partial charge >= 0.3 is 5.97 Å². The van der Waals surface area contributed by atoms with Gasteiger partial charge in [0, 0.05) is 24.4 Å². The highest BCUT2D eigenvalue weighted by Crippen LogP contribution is 2.37. The molecule has 0 saturated carbocycles. The van der Waals surface area contributed by atoms with Crippen molar-refractivity contribution in [1.29, 1.82) is 0 Å². The third-order valence-corrected chi connectivity index (χ3v) is 8.34. The Balaban J connectivity index is 0.00000289. The van der Waals surface area contributed by atoms with Crippen LogP contribution < -0.4 is 22.3 Å². The number of Topliss-reactive ketones (excluding diaryl/α,β-unsaturated/α-hetero) is 1. The largest absolute Gasteiger partial charge is 1.00 e. The Bertz CT molecular complexity index is 1140. The quantitative estimate of drug-likeness (QED) is 0.263. The number of hydrogen-bond acceptors (Lipinski definition) is 5. The maximum absolute atomic E-state index is 13.5. The summed E-state index contributed by atoms with van der Waals surface area (Å²) >= 11 is 1.53. The van der Waals surface area contributed by atoms with Gasteiger partial charge in [-0.2, -0.15) is 0 Å². The van der Waals surface area contributed by atoms with Gasteiger partial charge in [-0.3, -0.25) is 4.79 Å². The summed E-state index contributed by atoms with van der Waals surface area (Å²) in [5.41, 5.74) is 2.89. The van der Waals surface area contributed by atoms with Gasteiger partial charge in [0.15, 0.2) is 12.1 Å². The minimum absolute atomic E-state index is 0. The van der Waals surface area contributed by atoms with Gasteiger partial charge in [-0.05, 0) is 41.6 Å². The van der Waals surface area contributed by atoms with E-state index in [1.165, 1.54) is 11.3 Å². The van der Waals surface area contributed by atoms with Crippen LogP contribution >= 0.6 is 11.3 Å². The fourth-order valence-electron chi connectivity index (χ4n) is 5.38. The van der Waals surface area contributed by atoms with Gasteiger partial charge in [0.25, 0.3) is 0 Å². The lowest BCUT2D eigenvalue weighted by molar-refractivity contribution is -0.938. The molecule has 0 radical (unpaired) electrons. The number of para-hydroxylation sites is 1. The molecular formula is C28H31BrN2O3S. The van der Waals surface area contributed by atoms with Crippen LogP contribution in [0.15, 0.2) is 72.1 Å². The molecule has 3 aliphatic heterocycles. The molecule has 35 heavy (non-hydrogen) atoms. The topological polar surface area (TPSA) is 55.4 Å². The molecule has 0 aliphatic carbocycles. The first-order chi connectivity index (χ1) is 16.5. The molecule has 6 rings (SSSR count). The molecular weight excluding hydrogens is 524 g/mol. The number of carbonyl (C=O) groups is 2. The molecule has 3 aromatic rings. The molecule has 1 N–H and O–H groups in total. The number of aryl methyl sites for hydroxylation is 1. The van der Waals surface area contributed by atoms with Gasteiger partial charge in [0.1, 0.15) is 13.1 Å². The van der Waals surface area contributed by atoms with Crippen molar-refractivity contribution in [1.82, 2.24) is 0 Å². The third-order valence-electron chi connectivity index (χ3n) is 7.25. The van der Waals surface area contributed by atoms with Crippen molar-refractivity contribution in [2.24, 2.45) is 5.92 Å². The zero-order chi connectivity index (χ0) is 23.5. The lowest BCUT2D eigenvalue weighted by atomic mass is 9.83. The number of halogens is 1. The molecule has 5 nitrogen and oxygen atoms in total. The van der Waals surface area contributed by atoms with Crippen molar-refractivity contribution in [3.63, 3.8) is 0 Å². The molecule has 3 fully saturated rings. The summed E-state index contributed by atoms with van der Waals surface area (Å²) in [6, 6.07) is 20.9. The summed E-state index contributed by atoms with van der Waals surface area (Å²) < 4.78 is 6.93. The fourth-order valence-corrected chi connectivity index (χ4v) is 6.21. The molecule has 0 amide bonds. The molecule has 4 heterocycles. The number of fused-ring (bicyclic) bond motifs is 3. The van der Waals surface area contributed by atoms with Crippen molar-refractivity contribution in [2.45, 2.75) is 31.9 Å². The number of nitrogens with one attached hydrogen (secondary N) is 1. The number of quaternary nitrogens is 1. The zero-order valence-corrected chi connectivity index (χ0v) is 22.3. The highest BCUT2D eigenvalue weighted by molar-refractivity contribution is 7.12. The van der Waals surface area contributed by atoms with Crippen molar-refractivity contribution in [3.05, 3.63) is 88.1 Å². The predicted molar refractivity (Wildman–Crippen MR) is 135 cm³/mol. The molecule has 2 atom stereocenters. The normalized spacial score (nSPS) is 23.7. The second kappa shape index (κ2) is 11.1. The van der Waals surface area contributed by atoms with Gasteiger partial charge < -0.3 is 31.5 Å². The molecule has 184 valence electrons. The van der Waals surface area contributed by atoms with Gasteiger partial charge in [0.2, 0.25) is 5.78 Å². The van der Waals surface area contributed by atoms with Gasteiger partial charge in [-0.15, -0.1) is 11.3 Å². The Kier molecular flexibility index (Phi) is 8.09. The van der Waals surface area contributed by atoms with Gasteiger partial charge in [-0.1, -0.05) is 48.5 Å². The van der Waals surface area contributed by atoms with Crippen LogP contribution in [0, 0.1) is 12.8 Å². The average molecular weight is 556 g/mol. The summed E-state index contributed by atoms with van der Waals surface area (Å²) in [5, 5.41) is 5.39. The zero-order valence-electron chi connectivity index (χ0n) is 19.9. The van der Waals surface area contributed by atoms with Gasteiger partial charge in [0.05, 0.1) is 18.0 Å². The second-order valence-corrected chi connectivity index (χ2v) is 10.6. The van der Waals surface area contributed by atoms with E-state index in [2.05, 4.69) is 5.32 Å². The van der Waals surface area contributed by atoms with Crippen LogP contribution in [0.25, 0.3) is 0 Å². The minimum atomic E-state index is -0.580.